The third-order valence-corrected chi connectivity index (χ3v) is 3.09. The predicted octanol–water partition coefficient (Wildman–Crippen LogP) is 0.867. The molecule has 1 aromatic carbocycles. The molecule has 0 aliphatic heterocycles. The number of amides is 1. The Morgan fingerprint density at radius 3 is 2.70 bits per heavy atom. The number of aromatic nitrogens is 3. The van der Waals surface area contributed by atoms with Crippen molar-refractivity contribution in [1.29, 1.82) is 0 Å². The maximum atomic E-state index is 11.8. The predicted molar refractivity (Wildman–Crippen MR) is 76.0 cm³/mol. The van der Waals surface area contributed by atoms with Crippen molar-refractivity contribution < 1.29 is 4.79 Å². The summed E-state index contributed by atoms with van der Waals surface area (Å²) >= 11 is 0. The number of nitrogens with two attached hydrogens (primary N) is 1. The Morgan fingerprint density at radius 1 is 1.35 bits per heavy atom. The molecule has 2 rings (SSSR count). The first-order valence-corrected chi connectivity index (χ1v) is 6.57. The zero-order chi connectivity index (χ0) is 14.5. The van der Waals surface area contributed by atoms with Crippen molar-refractivity contribution in [1.82, 2.24) is 20.1 Å². The highest BCUT2D eigenvalue weighted by molar-refractivity contribution is 5.81. The Bertz CT molecular complexity index is 564. The van der Waals surface area contributed by atoms with E-state index in [1.54, 1.807) is 6.33 Å². The van der Waals surface area contributed by atoms with E-state index in [0.29, 0.717) is 12.4 Å². The van der Waals surface area contributed by atoms with E-state index in [9.17, 15) is 4.79 Å². The van der Waals surface area contributed by atoms with Crippen molar-refractivity contribution in [2.75, 3.05) is 0 Å². The molecule has 0 aliphatic carbocycles. The minimum Gasteiger partial charge on any atom is -0.347 e. The van der Waals surface area contributed by atoms with Gasteiger partial charge < -0.3 is 11.1 Å². The first-order chi connectivity index (χ1) is 9.59. The van der Waals surface area contributed by atoms with Crippen molar-refractivity contribution in [3.05, 3.63) is 42.5 Å². The topological polar surface area (TPSA) is 85.8 Å². The number of rotatable bonds is 5. The number of nitrogens with one attached hydrogen (secondary N) is 1. The van der Waals surface area contributed by atoms with Gasteiger partial charge in [0, 0.05) is 5.69 Å². The number of carbonyl (C=O) groups is 1. The molecule has 0 saturated carbocycles. The van der Waals surface area contributed by atoms with Crippen molar-refractivity contribution in [2.24, 2.45) is 11.7 Å². The molecule has 2 aromatic rings. The molecule has 0 fully saturated rings. The van der Waals surface area contributed by atoms with Gasteiger partial charge in [0.05, 0.1) is 12.6 Å². The third-order valence-electron chi connectivity index (χ3n) is 3.09. The normalized spacial score (nSPS) is 12.4. The van der Waals surface area contributed by atoms with E-state index >= 15 is 0 Å². The van der Waals surface area contributed by atoms with Crippen LogP contribution >= 0.6 is 0 Å². The van der Waals surface area contributed by atoms with Gasteiger partial charge in [0.15, 0.2) is 5.82 Å². The number of hydrogen-bond donors (Lipinski definition) is 2. The maximum absolute atomic E-state index is 11.8. The highest BCUT2D eigenvalue weighted by atomic mass is 16.2. The highest BCUT2D eigenvalue weighted by Gasteiger charge is 2.17. The van der Waals surface area contributed by atoms with Crippen LogP contribution in [0.1, 0.15) is 19.7 Å². The van der Waals surface area contributed by atoms with E-state index < -0.39 is 6.04 Å². The van der Waals surface area contributed by atoms with Crippen LogP contribution in [0.3, 0.4) is 0 Å². The summed E-state index contributed by atoms with van der Waals surface area (Å²) in [5.41, 5.74) is 6.75. The lowest BCUT2D eigenvalue weighted by molar-refractivity contribution is -0.123. The van der Waals surface area contributed by atoms with Crippen molar-refractivity contribution in [3.8, 4) is 5.69 Å². The second kappa shape index (κ2) is 6.29. The molecule has 1 amide bonds. The summed E-state index contributed by atoms with van der Waals surface area (Å²) in [5, 5.41) is 10.7. The number of para-hydroxylation sites is 1. The quantitative estimate of drug-likeness (QED) is 0.846. The molecule has 0 saturated heterocycles. The molecule has 0 spiro atoms. The van der Waals surface area contributed by atoms with Gasteiger partial charge in [-0.05, 0) is 18.1 Å². The first-order valence-electron chi connectivity index (χ1n) is 6.57. The Hall–Kier alpha value is -2.21. The molecule has 0 radical (unpaired) electrons. The van der Waals surface area contributed by atoms with Crippen molar-refractivity contribution >= 4 is 5.91 Å². The maximum Gasteiger partial charge on any atom is 0.237 e. The van der Waals surface area contributed by atoms with E-state index in [1.165, 1.54) is 0 Å². The molecular formula is C14H19N5O. The van der Waals surface area contributed by atoms with Gasteiger partial charge in [-0.2, -0.15) is 0 Å². The van der Waals surface area contributed by atoms with Crippen molar-refractivity contribution in [3.63, 3.8) is 0 Å². The van der Waals surface area contributed by atoms with Crippen LogP contribution in [0.2, 0.25) is 0 Å². The van der Waals surface area contributed by atoms with Crippen LogP contribution in [0.4, 0.5) is 0 Å². The molecule has 20 heavy (non-hydrogen) atoms. The zero-order valence-electron chi connectivity index (χ0n) is 11.7. The monoisotopic (exact) mass is 273 g/mol. The van der Waals surface area contributed by atoms with Crippen molar-refractivity contribution in [2.45, 2.75) is 26.4 Å². The van der Waals surface area contributed by atoms with Crippen LogP contribution in [-0.2, 0) is 11.3 Å². The summed E-state index contributed by atoms with van der Waals surface area (Å²) in [5.74, 6) is 0.588. The molecule has 0 aliphatic rings. The van der Waals surface area contributed by atoms with Gasteiger partial charge in [0.25, 0.3) is 0 Å². The van der Waals surface area contributed by atoms with Crippen LogP contribution in [0.15, 0.2) is 36.7 Å². The minimum atomic E-state index is -0.511. The van der Waals surface area contributed by atoms with Crippen LogP contribution < -0.4 is 11.1 Å². The lowest BCUT2D eigenvalue weighted by Gasteiger charge is -2.15. The Morgan fingerprint density at radius 2 is 2.05 bits per heavy atom. The van der Waals surface area contributed by atoms with Crippen LogP contribution in [0.5, 0.6) is 0 Å². The van der Waals surface area contributed by atoms with Gasteiger partial charge in [-0.1, -0.05) is 32.0 Å². The number of carbonyl (C=O) groups excluding carboxylic acids is 1. The fourth-order valence-electron chi connectivity index (χ4n) is 1.77. The third kappa shape index (κ3) is 3.21. The van der Waals surface area contributed by atoms with Crippen LogP contribution in [0.25, 0.3) is 5.69 Å². The summed E-state index contributed by atoms with van der Waals surface area (Å²) < 4.78 is 1.83. The summed E-state index contributed by atoms with van der Waals surface area (Å²) in [6, 6.07) is 9.21. The van der Waals surface area contributed by atoms with Gasteiger partial charge in [0.2, 0.25) is 5.91 Å². The standard InChI is InChI=1S/C14H19N5O/c1-10(2)13(15)14(20)16-8-12-18-17-9-19(12)11-6-4-3-5-7-11/h3-7,9-10,13H,8,15H2,1-2H3,(H,16,20)/t13-/m0/s1. The number of hydrogen-bond acceptors (Lipinski definition) is 4. The van der Waals surface area contributed by atoms with E-state index in [1.807, 2.05) is 48.7 Å². The van der Waals surface area contributed by atoms with Crippen LogP contribution in [-0.4, -0.2) is 26.7 Å². The molecule has 1 heterocycles. The van der Waals surface area contributed by atoms with Gasteiger partial charge in [-0.3, -0.25) is 9.36 Å². The molecule has 1 aromatic heterocycles. The molecule has 0 unspecified atom stereocenters. The largest absolute Gasteiger partial charge is 0.347 e. The second-order valence-electron chi connectivity index (χ2n) is 4.94. The van der Waals surface area contributed by atoms with E-state index in [2.05, 4.69) is 15.5 Å². The van der Waals surface area contributed by atoms with Crippen LogP contribution in [0, 0.1) is 5.92 Å². The average molecular weight is 273 g/mol. The Kier molecular flexibility index (Phi) is 4.47. The fourth-order valence-corrected chi connectivity index (χ4v) is 1.77. The molecule has 106 valence electrons. The number of nitrogens with zero attached hydrogens (tertiary/aromatic N) is 3. The summed E-state index contributed by atoms with van der Waals surface area (Å²) in [7, 11) is 0. The molecule has 0 bridgehead atoms. The number of benzene rings is 1. The lowest BCUT2D eigenvalue weighted by atomic mass is 10.1. The zero-order valence-corrected chi connectivity index (χ0v) is 11.7. The van der Waals surface area contributed by atoms with E-state index in [4.69, 9.17) is 5.73 Å². The fraction of sp³-hybridized carbons (Fsp3) is 0.357. The molecule has 3 N–H and O–H groups in total. The van der Waals surface area contributed by atoms with Gasteiger partial charge in [-0.25, -0.2) is 0 Å². The summed E-state index contributed by atoms with van der Waals surface area (Å²) in [4.78, 5) is 11.8. The first kappa shape index (κ1) is 14.2. The molecular weight excluding hydrogens is 254 g/mol. The second-order valence-corrected chi connectivity index (χ2v) is 4.94. The summed E-state index contributed by atoms with van der Waals surface area (Å²) in [6.45, 7) is 4.13. The van der Waals surface area contributed by atoms with E-state index in [-0.39, 0.29) is 11.8 Å². The molecule has 6 heteroatoms. The van der Waals surface area contributed by atoms with Gasteiger partial charge >= 0.3 is 0 Å². The Balaban J connectivity index is 2.05. The average Bonchev–Trinajstić information content (AvgIpc) is 2.93. The lowest BCUT2D eigenvalue weighted by Crippen LogP contribution is -2.43. The molecule has 6 nitrogen and oxygen atoms in total. The smallest absolute Gasteiger partial charge is 0.237 e. The minimum absolute atomic E-state index is 0.0991. The molecule has 1 atom stereocenters. The summed E-state index contributed by atoms with van der Waals surface area (Å²) in [6.07, 6.45) is 1.62. The van der Waals surface area contributed by atoms with Gasteiger partial charge in [0.1, 0.15) is 6.33 Å². The SMILES string of the molecule is CC(C)[C@H](N)C(=O)NCc1nncn1-c1ccccc1. The van der Waals surface area contributed by atoms with E-state index in [0.717, 1.165) is 5.69 Å². The Labute approximate surface area is 118 Å². The highest BCUT2D eigenvalue weighted by Crippen LogP contribution is 2.08. The van der Waals surface area contributed by atoms with Gasteiger partial charge in [-0.15, -0.1) is 10.2 Å².